The maximum absolute atomic E-state index is 10.1. The summed E-state index contributed by atoms with van der Waals surface area (Å²) in [5.41, 5.74) is 0. The molecule has 1 saturated heterocycles. The second-order valence-corrected chi connectivity index (χ2v) is 2.91. The van der Waals surface area contributed by atoms with Crippen molar-refractivity contribution < 1.29 is 19.4 Å². The van der Waals surface area contributed by atoms with Gasteiger partial charge in [-0.1, -0.05) is 6.08 Å². The number of rotatable bonds is 5. The van der Waals surface area contributed by atoms with Gasteiger partial charge in [0.2, 0.25) is 0 Å². The molecule has 0 aromatic heterocycles. The Morgan fingerprint density at radius 3 is 3.15 bits per heavy atom. The third kappa shape index (κ3) is 4.65. The fraction of sp³-hybridized carbons (Fsp3) is 0.667. The molecule has 1 aliphatic heterocycles. The van der Waals surface area contributed by atoms with Crippen molar-refractivity contribution in [2.24, 2.45) is 0 Å². The van der Waals surface area contributed by atoms with Crippen LogP contribution in [-0.2, 0) is 14.3 Å². The van der Waals surface area contributed by atoms with Crippen LogP contribution in [0, 0.1) is 0 Å². The number of carboxylic acids is 1. The average molecular weight is 186 g/mol. The normalized spacial score (nSPS) is 22.6. The summed E-state index contributed by atoms with van der Waals surface area (Å²) in [6.07, 6.45) is 4.91. The van der Waals surface area contributed by atoms with Crippen LogP contribution in [0.2, 0.25) is 0 Å². The molecule has 0 saturated carbocycles. The molecule has 0 aliphatic carbocycles. The lowest BCUT2D eigenvalue weighted by Gasteiger charge is -2.07. The first-order valence-electron chi connectivity index (χ1n) is 4.38. The summed E-state index contributed by atoms with van der Waals surface area (Å²) in [5.74, 6) is -0.944. The summed E-state index contributed by atoms with van der Waals surface area (Å²) in [4.78, 5) is 10.1. The standard InChI is InChI=1S/C9H14O4/c10-9(11)4-2-5-12-7-8-3-1-6-13-8/h2,4,8H,1,3,5-7H2,(H,10,11). The van der Waals surface area contributed by atoms with Gasteiger partial charge in [0, 0.05) is 12.7 Å². The Morgan fingerprint density at radius 2 is 2.54 bits per heavy atom. The van der Waals surface area contributed by atoms with Crippen LogP contribution in [0.1, 0.15) is 12.8 Å². The van der Waals surface area contributed by atoms with Gasteiger partial charge in [-0.2, -0.15) is 0 Å². The zero-order valence-electron chi connectivity index (χ0n) is 7.44. The summed E-state index contributed by atoms with van der Waals surface area (Å²) in [5, 5.41) is 8.26. The molecule has 4 heteroatoms. The van der Waals surface area contributed by atoms with Crippen LogP contribution in [0.15, 0.2) is 12.2 Å². The van der Waals surface area contributed by atoms with Gasteiger partial charge in [0.15, 0.2) is 0 Å². The molecule has 0 aromatic carbocycles. The molecule has 0 spiro atoms. The van der Waals surface area contributed by atoms with E-state index in [1.54, 1.807) is 0 Å². The molecule has 4 nitrogen and oxygen atoms in total. The molecule has 1 rings (SSSR count). The molecule has 0 amide bonds. The Labute approximate surface area is 77.1 Å². The van der Waals surface area contributed by atoms with Crippen LogP contribution in [0.3, 0.4) is 0 Å². The quantitative estimate of drug-likeness (QED) is 0.510. The van der Waals surface area contributed by atoms with Crippen LogP contribution in [-0.4, -0.2) is 37.0 Å². The Hall–Kier alpha value is -0.870. The Kier molecular flexibility index (Phi) is 4.49. The van der Waals surface area contributed by atoms with E-state index in [0.717, 1.165) is 25.5 Å². The second-order valence-electron chi connectivity index (χ2n) is 2.91. The number of carbonyl (C=O) groups is 1. The molecule has 13 heavy (non-hydrogen) atoms. The van der Waals surface area contributed by atoms with E-state index >= 15 is 0 Å². The average Bonchev–Trinajstić information content (AvgIpc) is 2.55. The van der Waals surface area contributed by atoms with Gasteiger partial charge in [-0.15, -0.1) is 0 Å². The maximum atomic E-state index is 10.1. The molecule has 74 valence electrons. The van der Waals surface area contributed by atoms with Crippen molar-refractivity contribution in [3.63, 3.8) is 0 Å². The smallest absolute Gasteiger partial charge is 0.328 e. The minimum Gasteiger partial charge on any atom is -0.478 e. The predicted octanol–water partition coefficient (Wildman–Crippen LogP) is 0.823. The maximum Gasteiger partial charge on any atom is 0.328 e. The van der Waals surface area contributed by atoms with Gasteiger partial charge >= 0.3 is 5.97 Å². The van der Waals surface area contributed by atoms with Crippen LogP contribution < -0.4 is 0 Å². The van der Waals surface area contributed by atoms with E-state index in [0.29, 0.717) is 13.2 Å². The highest BCUT2D eigenvalue weighted by Crippen LogP contribution is 2.11. The Bertz CT molecular complexity index is 182. The third-order valence-corrected chi connectivity index (χ3v) is 1.80. The largest absolute Gasteiger partial charge is 0.478 e. The monoisotopic (exact) mass is 186 g/mol. The zero-order chi connectivity index (χ0) is 9.52. The van der Waals surface area contributed by atoms with Crippen molar-refractivity contribution >= 4 is 5.97 Å². The van der Waals surface area contributed by atoms with Crippen LogP contribution in [0.4, 0.5) is 0 Å². The molecular weight excluding hydrogens is 172 g/mol. The van der Waals surface area contributed by atoms with Gasteiger partial charge in [-0.3, -0.25) is 0 Å². The van der Waals surface area contributed by atoms with Gasteiger partial charge in [-0.25, -0.2) is 4.79 Å². The highest BCUT2D eigenvalue weighted by molar-refractivity contribution is 5.79. The van der Waals surface area contributed by atoms with E-state index < -0.39 is 5.97 Å². The number of hydrogen-bond acceptors (Lipinski definition) is 3. The second kappa shape index (κ2) is 5.72. The third-order valence-electron chi connectivity index (χ3n) is 1.80. The van der Waals surface area contributed by atoms with Crippen molar-refractivity contribution in [2.45, 2.75) is 18.9 Å². The van der Waals surface area contributed by atoms with Crippen molar-refractivity contribution in [3.05, 3.63) is 12.2 Å². The Balaban J connectivity index is 1.97. The van der Waals surface area contributed by atoms with E-state index in [4.69, 9.17) is 14.6 Å². The lowest BCUT2D eigenvalue weighted by Crippen LogP contribution is -2.13. The summed E-state index contributed by atoms with van der Waals surface area (Å²) >= 11 is 0. The van der Waals surface area contributed by atoms with E-state index in [1.165, 1.54) is 6.08 Å². The molecular formula is C9H14O4. The number of aliphatic carboxylic acids is 1. The Morgan fingerprint density at radius 1 is 1.69 bits per heavy atom. The van der Waals surface area contributed by atoms with Gasteiger partial charge < -0.3 is 14.6 Å². The summed E-state index contributed by atoms with van der Waals surface area (Å²) < 4.78 is 10.5. The van der Waals surface area contributed by atoms with E-state index in [1.807, 2.05) is 0 Å². The van der Waals surface area contributed by atoms with Crippen molar-refractivity contribution in [2.75, 3.05) is 19.8 Å². The van der Waals surface area contributed by atoms with E-state index in [-0.39, 0.29) is 6.10 Å². The summed E-state index contributed by atoms with van der Waals surface area (Å²) in [6, 6.07) is 0. The van der Waals surface area contributed by atoms with Crippen LogP contribution in [0.5, 0.6) is 0 Å². The first-order valence-corrected chi connectivity index (χ1v) is 4.38. The highest BCUT2D eigenvalue weighted by Gasteiger charge is 2.14. The van der Waals surface area contributed by atoms with Crippen molar-refractivity contribution in [3.8, 4) is 0 Å². The van der Waals surface area contributed by atoms with Gasteiger partial charge in [0.1, 0.15) is 0 Å². The molecule has 1 atom stereocenters. The molecule has 1 aliphatic rings. The number of ether oxygens (including phenoxy) is 2. The van der Waals surface area contributed by atoms with Crippen LogP contribution >= 0.6 is 0 Å². The topological polar surface area (TPSA) is 55.8 Å². The lowest BCUT2D eigenvalue weighted by atomic mass is 10.2. The molecule has 0 aromatic rings. The van der Waals surface area contributed by atoms with Gasteiger partial charge in [0.05, 0.1) is 19.3 Å². The molecule has 0 bridgehead atoms. The predicted molar refractivity (Wildman–Crippen MR) is 46.6 cm³/mol. The van der Waals surface area contributed by atoms with Gasteiger partial charge in [0.25, 0.3) is 0 Å². The SMILES string of the molecule is O=C(O)C=CCOCC1CCCO1. The molecule has 1 heterocycles. The number of carboxylic acid groups (broad SMARTS) is 1. The molecule has 1 unspecified atom stereocenters. The lowest BCUT2D eigenvalue weighted by molar-refractivity contribution is -0.131. The fourth-order valence-electron chi connectivity index (χ4n) is 1.19. The van der Waals surface area contributed by atoms with E-state index in [2.05, 4.69) is 0 Å². The molecule has 1 N–H and O–H groups in total. The zero-order valence-corrected chi connectivity index (χ0v) is 7.44. The summed E-state index contributed by atoms with van der Waals surface area (Å²) in [6.45, 7) is 1.72. The number of hydrogen-bond donors (Lipinski definition) is 1. The molecule has 0 radical (unpaired) electrons. The van der Waals surface area contributed by atoms with Gasteiger partial charge in [-0.05, 0) is 12.8 Å². The first-order chi connectivity index (χ1) is 6.29. The summed E-state index contributed by atoms with van der Waals surface area (Å²) in [7, 11) is 0. The van der Waals surface area contributed by atoms with Crippen molar-refractivity contribution in [1.82, 2.24) is 0 Å². The van der Waals surface area contributed by atoms with Crippen molar-refractivity contribution in [1.29, 1.82) is 0 Å². The van der Waals surface area contributed by atoms with E-state index in [9.17, 15) is 4.79 Å². The minimum atomic E-state index is -0.944. The highest BCUT2D eigenvalue weighted by atomic mass is 16.5. The van der Waals surface area contributed by atoms with Crippen LogP contribution in [0.25, 0.3) is 0 Å². The molecule has 1 fully saturated rings. The minimum absolute atomic E-state index is 0.207. The fourth-order valence-corrected chi connectivity index (χ4v) is 1.19. The first kappa shape index (κ1) is 10.2.